The smallest absolute Gasteiger partial charge is 0.257 e. The molecule has 0 atom stereocenters. The lowest BCUT2D eigenvalue weighted by molar-refractivity contribution is 0.0785. The molecule has 1 heterocycles. The summed E-state index contributed by atoms with van der Waals surface area (Å²) in [6.45, 7) is 0.140. The van der Waals surface area contributed by atoms with Gasteiger partial charge in [-0.25, -0.2) is 8.78 Å². The van der Waals surface area contributed by atoms with Crippen molar-refractivity contribution >= 4 is 17.5 Å². The van der Waals surface area contributed by atoms with E-state index in [0.717, 1.165) is 17.7 Å². The highest BCUT2D eigenvalue weighted by molar-refractivity contribution is 6.30. The van der Waals surface area contributed by atoms with Gasteiger partial charge in [0.1, 0.15) is 0 Å². The molecule has 0 aliphatic rings. The molecule has 1 amide bonds. The van der Waals surface area contributed by atoms with E-state index in [1.807, 2.05) is 0 Å². The van der Waals surface area contributed by atoms with E-state index in [9.17, 15) is 13.6 Å². The summed E-state index contributed by atoms with van der Waals surface area (Å²) in [5.41, 5.74) is 2.21. The maximum atomic E-state index is 13.3. The second-order valence-electron chi connectivity index (χ2n) is 5.58. The van der Waals surface area contributed by atoms with E-state index in [2.05, 4.69) is 10.2 Å². The molecule has 0 aliphatic heterocycles. The SMILES string of the molecule is CN(Cc1ccc(F)c(F)c1)C(=O)c1cn[nH]c1-c1ccc(Cl)cc1. The van der Waals surface area contributed by atoms with Gasteiger partial charge in [0, 0.05) is 24.2 Å². The van der Waals surface area contributed by atoms with E-state index in [4.69, 9.17) is 11.6 Å². The quantitative estimate of drug-likeness (QED) is 0.754. The summed E-state index contributed by atoms with van der Waals surface area (Å²) in [7, 11) is 1.59. The largest absolute Gasteiger partial charge is 0.337 e. The lowest BCUT2D eigenvalue weighted by atomic mass is 10.1. The van der Waals surface area contributed by atoms with Gasteiger partial charge in [-0.05, 0) is 29.8 Å². The summed E-state index contributed by atoms with van der Waals surface area (Å²) in [4.78, 5) is 14.1. The van der Waals surface area contributed by atoms with Crippen LogP contribution in [0, 0.1) is 11.6 Å². The second-order valence-corrected chi connectivity index (χ2v) is 6.01. The van der Waals surface area contributed by atoms with Gasteiger partial charge in [0.05, 0.1) is 17.5 Å². The molecule has 0 radical (unpaired) electrons. The minimum atomic E-state index is -0.941. The average Bonchev–Trinajstić information content (AvgIpc) is 3.07. The lowest BCUT2D eigenvalue weighted by Gasteiger charge is -2.17. The Morgan fingerprint density at radius 1 is 1.16 bits per heavy atom. The fourth-order valence-electron chi connectivity index (χ4n) is 2.47. The summed E-state index contributed by atoms with van der Waals surface area (Å²) in [6.07, 6.45) is 1.44. The van der Waals surface area contributed by atoms with Crippen molar-refractivity contribution in [2.75, 3.05) is 7.05 Å². The number of carbonyl (C=O) groups is 1. The summed E-state index contributed by atoms with van der Waals surface area (Å²) in [5.74, 6) is -2.15. The molecule has 0 fully saturated rings. The van der Waals surface area contributed by atoms with Crippen molar-refractivity contribution in [3.63, 3.8) is 0 Å². The standard InChI is InChI=1S/C18H14ClF2N3O/c1-24(10-11-2-7-15(20)16(21)8-11)18(25)14-9-22-23-17(14)12-3-5-13(19)6-4-12/h2-9H,10H2,1H3,(H,22,23). The van der Waals surface area contributed by atoms with Crippen LogP contribution in [-0.2, 0) is 6.54 Å². The third kappa shape index (κ3) is 3.69. The number of benzene rings is 2. The van der Waals surface area contributed by atoms with Crippen LogP contribution < -0.4 is 0 Å². The monoisotopic (exact) mass is 361 g/mol. The zero-order chi connectivity index (χ0) is 18.0. The number of rotatable bonds is 4. The number of hydrogen-bond donors (Lipinski definition) is 1. The van der Waals surface area contributed by atoms with Crippen LogP contribution in [0.2, 0.25) is 5.02 Å². The van der Waals surface area contributed by atoms with Gasteiger partial charge in [0.25, 0.3) is 5.91 Å². The lowest BCUT2D eigenvalue weighted by Crippen LogP contribution is -2.26. The van der Waals surface area contributed by atoms with E-state index in [-0.39, 0.29) is 12.5 Å². The number of nitrogens with zero attached hydrogens (tertiary/aromatic N) is 2. The van der Waals surface area contributed by atoms with Crippen LogP contribution in [0.15, 0.2) is 48.7 Å². The summed E-state index contributed by atoms with van der Waals surface area (Å²) in [6, 6.07) is 10.6. The van der Waals surface area contributed by atoms with Gasteiger partial charge in [0.15, 0.2) is 11.6 Å². The van der Waals surface area contributed by atoms with Crippen LogP contribution >= 0.6 is 11.6 Å². The predicted octanol–water partition coefficient (Wildman–Crippen LogP) is 4.28. The van der Waals surface area contributed by atoms with E-state index in [0.29, 0.717) is 21.8 Å². The third-order valence-electron chi connectivity index (χ3n) is 3.75. The van der Waals surface area contributed by atoms with Gasteiger partial charge in [-0.2, -0.15) is 5.10 Å². The van der Waals surface area contributed by atoms with Crippen molar-refractivity contribution in [3.05, 3.63) is 76.4 Å². The summed E-state index contributed by atoms with van der Waals surface area (Å²) >= 11 is 5.88. The molecule has 25 heavy (non-hydrogen) atoms. The fraction of sp³-hybridized carbons (Fsp3) is 0.111. The van der Waals surface area contributed by atoms with Crippen LogP contribution in [0.4, 0.5) is 8.78 Å². The molecule has 1 aromatic heterocycles. The van der Waals surface area contributed by atoms with Crippen molar-refractivity contribution in [1.29, 1.82) is 0 Å². The topological polar surface area (TPSA) is 49.0 Å². The Morgan fingerprint density at radius 2 is 1.88 bits per heavy atom. The molecule has 2 aromatic carbocycles. The molecule has 7 heteroatoms. The van der Waals surface area contributed by atoms with Crippen molar-refractivity contribution < 1.29 is 13.6 Å². The molecule has 0 aliphatic carbocycles. The van der Waals surface area contributed by atoms with Crippen molar-refractivity contribution in [3.8, 4) is 11.3 Å². The second kappa shape index (κ2) is 7.03. The summed E-state index contributed by atoms with van der Waals surface area (Å²) in [5, 5.41) is 7.34. The first-order valence-corrected chi connectivity index (χ1v) is 7.82. The molecular formula is C18H14ClF2N3O. The highest BCUT2D eigenvalue weighted by Crippen LogP contribution is 2.24. The van der Waals surface area contributed by atoms with Crippen LogP contribution in [0.3, 0.4) is 0 Å². The predicted molar refractivity (Wildman–Crippen MR) is 91.2 cm³/mol. The molecule has 0 unspecified atom stereocenters. The molecule has 4 nitrogen and oxygen atoms in total. The molecular weight excluding hydrogens is 348 g/mol. The number of H-pyrrole nitrogens is 1. The van der Waals surface area contributed by atoms with Crippen molar-refractivity contribution in [1.82, 2.24) is 15.1 Å². The average molecular weight is 362 g/mol. The molecule has 128 valence electrons. The van der Waals surface area contributed by atoms with E-state index in [1.165, 1.54) is 17.2 Å². The Hall–Kier alpha value is -2.73. The molecule has 0 saturated carbocycles. The number of nitrogens with one attached hydrogen (secondary N) is 1. The zero-order valence-electron chi connectivity index (χ0n) is 13.3. The Morgan fingerprint density at radius 3 is 2.56 bits per heavy atom. The minimum absolute atomic E-state index is 0.140. The number of carbonyl (C=O) groups excluding carboxylic acids is 1. The molecule has 1 N–H and O–H groups in total. The van der Waals surface area contributed by atoms with Crippen molar-refractivity contribution in [2.24, 2.45) is 0 Å². The maximum Gasteiger partial charge on any atom is 0.257 e. The van der Waals surface area contributed by atoms with Crippen LogP contribution in [0.1, 0.15) is 15.9 Å². The van der Waals surface area contributed by atoms with E-state index < -0.39 is 11.6 Å². The van der Waals surface area contributed by atoms with Gasteiger partial charge in [-0.15, -0.1) is 0 Å². The Kier molecular flexibility index (Phi) is 4.81. The molecule has 0 bridgehead atoms. The number of halogens is 3. The van der Waals surface area contributed by atoms with Gasteiger partial charge in [0.2, 0.25) is 0 Å². The van der Waals surface area contributed by atoms with Gasteiger partial charge in [-0.1, -0.05) is 29.8 Å². The van der Waals surface area contributed by atoms with Crippen LogP contribution in [0.25, 0.3) is 11.3 Å². The fourth-order valence-corrected chi connectivity index (χ4v) is 2.60. The normalized spacial score (nSPS) is 10.7. The molecule has 0 spiro atoms. The first-order valence-electron chi connectivity index (χ1n) is 7.44. The minimum Gasteiger partial charge on any atom is -0.337 e. The highest BCUT2D eigenvalue weighted by Gasteiger charge is 2.19. The summed E-state index contributed by atoms with van der Waals surface area (Å²) < 4.78 is 26.3. The first kappa shape index (κ1) is 17.1. The van der Waals surface area contributed by atoms with Gasteiger partial charge in [-0.3, -0.25) is 9.89 Å². The van der Waals surface area contributed by atoms with E-state index >= 15 is 0 Å². The molecule has 0 saturated heterocycles. The third-order valence-corrected chi connectivity index (χ3v) is 4.01. The van der Waals surface area contributed by atoms with Gasteiger partial charge >= 0.3 is 0 Å². The van der Waals surface area contributed by atoms with Crippen molar-refractivity contribution in [2.45, 2.75) is 6.54 Å². The highest BCUT2D eigenvalue weighted by atomic mass is 35.5. The molecule has 3 rings (SSSR count). The number of amides is 1. The number of aromatic amines is 1. The van der Waals surface area contributed by atoms with Crippen LogP contribution in [0.5, 0.6) is 0 Å². The molecule has 3 aromatic rings. The maximum absolute atomic E-state index is 13.3. The van der Waals surface area contributed by atoms with Crippen LogP contribution in [-0.4, -0.2) is 28.1 Å². The number of hydrogen-bond acceptors (Lipinski definition) is 2. The Balaban J connectivity index is 1.82. The Bertz CT molecular complexity index is 909. The number of aromatic nitrogens is 2. The van der Waals surface area contributed by atoms with E-state index in [1.54, 1.807) is 31.3 Å². The zero-order valence-corrected chi connectivity index (χ0v) is 14.0. The Labute approximate surface area is 148 Å². The van der Waals surface area contributed by atoms with Gasteiger partial charge < -0.3 is 4.90 Å². The first-order chi connectivity index (χ1) is 12.0.